The van der Waals surface area contributed by atoms with E-state index >= 15 is 0 Å². The van der Waals surface area contributed by atoms with Crippen molar-refractivity contribution in [3.63, 3.8) is 0 Å². The normalized spacial score (nSPS) is 11.9. The summed E-state index contributed by atoms with van der Waals surface area (Å²) in [4.78, 5) is 4.63. The molecular weight excluding hydrogens is 409 g/mol. The zero-order chi connectivity index (χ0) is 15.6. The lowest BCUT2D eigenvalue weighted by atomic mass is 9.79. The lowest BCUT2D eigenvalue weighted by molar-refractivity contribution is 0.169. The molecule has 0 atom stereocenters. The second kappa shape index (κ2) is 12.1. The summed E-state index contributed by atoms with van der Waals surface area (Å²) in [6.07, 6.45) is 2.94. The van der Waals surface area contributed by atoms with E-state index in [1.807, 2.05) is 0 Å². The average Bonchev–Trinajstić information content (AvgIpc) is 3.02. The van der Waals surface area contributed by atoms with Crippen LogP contribution in [-0.4, -0.2) is 30.8 Å². The van der Waals surface area contributed by atoms with Crippen LogP contribution in [0.5, 0.6) is 0 Å². The van der Waals surface area contributed by atoms with Gasteiger partial charge in [0.15, 0.2) is 5.96 Å². The van der Waals surface area contributed by atoms with E-state index in [0.717, 1.165) is 38.3 Å². The minimum Gasteiger partial charge on any atom is -0.396 e. The molecular formula is C16H30IN3OS. The highest BCUT2D eigenvalue weighted by atomic mass is 127. The average molecular weight is 439 g/mol. The first-order valence-corrected chi connectivity index (χ1v) is 8.78. The summed E-state index contributed by atoms with van der Waals surface area (Å²) in [5, 5.41) is 20.2. The number of thiophene rings is 1. The number of hydrogen-bond donors (Lipinski definition) is 3. The SMILES string of the molecule is CCNC(=NCc1ccsc1)NCC(CC)(CC)CCO.I. The summed E-state index contributed by atoms with van der Waals surface area (Å²) in [5.41, 5.74) is 1.39. The molecule has 128 valence electrons. The Bertz CT molecular complexity index is 406. The van der Waals surface area contributed by atoms with E-state index in [4.69, 9.17) is 0 Å². The van der Waals surface area contributed by atoms with Crippen molar-refractivity contribution < 1.29 is 5.11 Å². The molecule has 0 unspecified atom stereocenters. The molecule has 1 heterocycles. The summed E-state index contributed by atoms with van der Waals surface area (Å²) >= 11 is 1.70. The van der Waals surface area contributed by atoms with E-state index in [1.54, 1.807) is 11.3 Å². The Kier molecular flexibility index (Phi) is 11.9. The molecule has 0 aromatic carbocycles. The lowest BCUT2D eigenvalue weighted by Crippen LogP contribution is -2.43. The van der Waals surface area contributed by atoms with Crippen LogP contribution in [0.1, 0.15) is 45.6 Å². The predicted octanol–water partition coefficient (Wildman–Crippen LogP) is 3.61. The van der Waals surface area contributed by atoms with E-state index in [0.29, 0.717) is 6.54 Å². The number of aliphatic hydroxyl groups is 1. The third-order valence-electron chi connectivity index (χ3n) is 4.12. The van der Waals surface area contributed by atoms with Gasteiger partial charge in [-0.25, -0.2) is 4.99 Å². The Labute approximate surface area is 155 Å². The number of guanidine groups is 1. The number of aliphatic imine (C=N–C) groups is 1. The Hall–Kier alpha value is -0.340. The molecule has 4 nitrogen and oxygen atoms in total. The first kappa shape index (κ1) is 21.7. The summed E-state index contributed by atoms with van der Waals surface area (Å²) in [6, 6.07) is 2.10. The molecule has 1 aromatic heterocycles. The molecule has 0 aliphatic carbocycles. The van der Waals surface area contributed by atoms with Crippen LogP contribution in [0.15, 0.2) is 21.8 Å². The van der Waals surface area contributed by atoms with Crippen LogP contribution in [0.3, 0.4) is 0 Å². The monoisotopic (exact) mass is 439 g/mol. The van der Waals surface area contributed by atoms with Gasteiger partial charge in [0.05, 0.1) is 6.54 Å². The van der Waals surface area contributed by atoms with Crippen molar-refractivity contribution >= 4 is 41.3 Å². The highest BCUT2D eigenvalue weighted by Gasteiger charge is 2.25. The minimum absolute atomic E-state index is 0. The largest absolute Gasteiger partial charge is 0.396 e. The summed E-state index contributed by atoms with van der Waals surface area (Å²) in [6.45, 7) is 9.09. The fourth-order valence-corrected chi connectivity index (χ4v) is 3.00. The Morgan fingerprint density at radius 2 is 2.00 bits per heavy atom. The molecule has 1 rings (SSSR count). The molecule has 0 radical (unpaired) electrons. The van der Waals surface area contributed by atoms with Gasteiger partial charge < -0.3 is 15.7 Å². The molecule has 0 saturated heterocycles. The number of halogens is 1. The summed E-state index contributed by atoms with van der Waals surface area (Å²) in [7, 11) is 0. The van der Waals surface area contributed by atoms with Crippen molar-refractivity contribution in [3.05, 3.63) is 22.4 Å². The number of aliphatic hydroxyl groups excluding tert-OH is 1. The molecule has 1 aromatic rings. The molecule has 0 fully saturated rings. The van der Waals surface area contributed by atoms with Crippen molar-refractivity contribution in [2.45, 2.75) is 46.6 Å². The lowest BCUT2D eigenvalue weighted by Gasteiger charge is -2.32. The van der Waals surface area contributed by atoms with Crippen molar-refractivity contribution in [3.8, 4) is 0 Å². The third-order valence-corrected chi connectivity index (χ3v) is 4.85. The molecule has 0 saturated carbocycles. The Morgan fingerprint density at radius 1 is 1.27 bits per heavy atom. The van der Waals surface area contributed by atoms with E-state index in [9.17, 15) is 5.11 Å². The summed E-state index contributed by atoms with van der Waals surface area (Å²) < 4.78 is 0. The highest BCUT2D eigenvalue weighted by Crippen LogP contribution is 2.29. The van der Waals surface area contributed by atoms with Gasteiger partial charge in [0, 0.05) is 19.7 Å². The molecule has 0 bridgehead atoms. The number of rotatable bonds is 9. The van der Waals surface area contributed by atoms with Gasteiger partial charge in [0.25, 0.3) is 0 Å². The summed E-state index contributed by atoms with van der Waals surface area (Å²) in [5.74, 6) is 0.855. The van der Waals surface area contributed by atoms with Crippen LogP contribution < -0.4 is 10.6 Å². The van der Waals surface area contributed by atoms with Gasteiger partial charge in [-0.3, -0.25) is 0 Å². The van der Waals surface area contributed by atoms with Crippen LogP contribution in [-0.2, 0) is 6.54 Å². The fraction of sp³-hybridized carbons (Fsp3) is 0.688. The predicted molar refractivity (Wildman–Crippen MR) is 107 cm³/mol. The van der Waals surface area contributed by atoms with E-state index < -0.39 is 0 Å². The van der Waals surface area contributed by atoms with Crippen molar-refractivity contribution in [1.29, 1.82) is 0 Å². The first-order valence-electron chi connectivity index (χ1n) is 7.83. The van der Waals surface area contributed by atoms with Gasteiger partial charge in [-0.2, -0.15) is 11.3 Å². The fourth-order valence-electron chi connectivity index (χ4n) is 2.35. The number of nitrogens with one attached hydrogen (secondary N) is 2. The van der Waals surface area contributed by atoms with Crippen molar-refractivity contribution in [2.24, 2.45) is 10.4 Å². The standard InChI is InChI=1S/C16H29N3OS.HI/c1-4-16(5-2,8-9-20)13-19-15(17-6-3)18-11-14-7-10-21-12-14;/h7,10,12,20H,4-6,8-9,11,13H2,1-3H3,(H2,17,18,19);1H. The maximum absolute atomic E-state index is 9.29. The van der Waals surface area contributed by atoms with Crippen LogP contribution in [0.4, 0.5) is 0 Å². The molecule has 0 aliphatic rings. The molecule has 0 aliphatic heterocycles. The van der Waals surface area contributed by atoms with Gasteiger partial charge in [-0.1, -0.05) is 13.8 Å². The molecule has 0 spiro atoms. The van der Waals surface area contributed by atoms with Crippen LogP contribution in [0.2, 0.25) is 0 Å². The minimum atomic E-state index is 0. The molecule has 3 N–H and O–H groups in total. The van der Waals surface area contributed by atoms with E-state index in [2.05, 4.69) is 53.2 Å². The topological polar surface area (TPSA) is 56.7 Å². The quantitative estimate of drug-likeness (QED) is 0.313. The third kappa shape index (κ3) is 7.28. The second-order valence-electron chi connectivity index (χ2n) is 5.36. The van der Waals surface area contributed by atoms with Gasteiger partial charge in [-0.15, -0.1) is 24.0 Å². The number of hydrogen-bond acceptors (Lipinski definition) is 3. The Balaban J connectivity index is 0.00000441. The smallest absolute Gasteiger partial charge is 0.191 e. The first-order chi connectivity index (χ1) is 10.2. The molecule has 6 heteroatoms. The van der Waals surface area contributed by atoms with Crippen molar-refractivity contribution in [2.75, 3.05) is 19.7 Å². The van der Waals surface area contributed by atoms with E-state index in [-0.39, 0.29) is 36.0 Å². The second-order valence-corrected chi connectivity index (χ2v) is 6.14. The molecule has 0 amide bonds. The van der Waals surface area contributed by atoms with Gasteiger partial charge in [0.1, 0.15) is 0 Å². The molecule has 22 heavy (non-hydrogen) atoms. The van der Waals surface area contributed by atoms with E-state index in [1.165, 1.54) is 5.56 Å². The number of nitrogens with zero attached hydrogens (tertiary/aromatic N) is 1. The van der Waals surface area contributed by atoms with Gasteiger partial charge in [0.2, 0.25) is 0 Å². The van der Waals surface area contributed by atoms with Gasteiger partial charge >= 0.3 is 0 Å². The van der Waals surface area contributed by atoms with Crippen LogP contribution in [0.25, 0.3) is 0 Å². The van der Waals surface area contributed by atoms with Crippen molar-refractivity contribution in [1.82, 2.24) is 10.6 Å². The Morgan fingerprint density at radius 3 is 2.50 bits per heavy atom. The highest BCUT2D eigenvalue weighted by molar-refractivity contribution is 14.0. The van der Waals surface area contributed by atoms with Gasteiger partial charge in [-0.05, 0) is 54.0 Å². The van der Waals surface area contributed by atoms with Crippen LogP contribution in [0, 0.1) is 5.41 Å². The maximum Gasteiger partial charge on any atom is 0.191 e. The zero-order valence-corrected chi connectivity index (χ0v) is 17.0. The zero-order valence-electron chi connectivity index (χ0n) is 13.9. The van der Waals surface area contributed by atoms with Crippen LogP contribution >= 0.6 is 35.3 Å². The maximum atomic E-state index is 9.29.